The van der Waals surface area contributed by atoms with Gasteiger partial charge < -0.3 is 15.5 Å². The molecule has 114 valence electrons. The summed E-state index contributed by atoms with van der Waals surface area (Å²) in [7, 11) is 0. The van der Waals surface area contributed by atoms with Gasteiger partial charge in [0, 0.05) is 44.1 Å². The molecule has 0 fully saturated rings. The van der Waals surface area contributed by atoms with Gasteiger partial charge in [-0.05, 0) is 47.7 Å². The van der Waals surface area contributed by atoms with Crippen LogP contribution >= 0.6 is 0 Å². The Labute approximate surface area is 132 Å². The van der Waals surface area contributed by atoms with Gasteiger partial charge >= 0.3 is 0 Å². The lowest BCUT2D eigenvalue weighted by molar-refractivity contribution is 0.723. The summed E-state index contributed by atoms with van der Waals surface area (Å²) in [5.41, 5.74) is 7.01. The van der Waals surface area contributed by atoms with E-state index in [2.05, 4.69) is 58.0 Å². The van der Waals surface area contributed by atoms with Crippen molar-refractivity contribution in [3.8, 4) is 0 Å². The molecule has 0 amide bonds. The van der Waals surface area contributed by atoms with Gasteiger partial charge in [-0.3, -0.25) is 0 Å². The second kappa shape index (κ2) is 6.01. The molecule has 4 rings (SSSR count). The van der Waals surface area contributed by atoms with Gasteiger partial charge in [-0.15, -0.1) is 0 Å². The maximum atomic E-state index is 3.50. The summed E-state index contributed by atoms with van der Waals surface area (Å²) in [6.07, 6.45) is 2.42. The molecule has 0 spiro atoms. The molecule has 0 aromatic heterocycles. The van der Waals surface area contributed by atoms with E-state index >= 15 is 0 Å². The molecule has 0 unspecified atom stereocenters. The minimum absolute atomic E-state index is 0.959. The van der Waals surface area contributed by atoms with Crippen molar-refractivity contribution in [2.24, 2.45) is 0 Å². The summed E-state index contributed by atoms with van der Waals surface area (Å²) in [6, 6.07) is 15.7. The molecule has 2 aromatic rings. The highest BCUT2D eigenvalue weighted by atomic mass is 15.1. The van der Waals surface area contributed by atoms with Gasteiger partial charge in [0.1, 0.15) is 0 Å². The summed E-state index contributed by atoms with van der Waals surface area (Å²) in [5.74, 6) is 0. The van der Waals surface area contributed by atoms with Gasteiger partial charge in [-0.1, -0.05) is 24.3 Å². The van der Waals surface area contributed by atoms with Crippen LogP contribution in [-0.2, 0) is 19.5 Å². The van der Waals surface area contributed by atoms with Crippen LogP contribution in [0.2, 0.25) is 0 Å². The van der Waals surface area contributed by atoms with Crippen LogP contribution < -0.4 is 15.5 Å². The predicted octanol–water partition coefficient (Wildman–Crippen LogP) is 3.15. The molecule has 22 heavy (non-hydrogen) atoms. The zero-order valence-electron chi connectivity index (χ0n) is 12.9. The Kier molecular flexibility index (Phi) is 3.73. The van der Waals surface area contributed by atoms with Crippen molar-refractivity contribution in [2.45, 2.75) is 25.9 Å². The molecule has 2 aromatic carbocycles. The Balaban J connectivity index is 1.63. The number of nitrogens with zero attached hydrogens (tertiary/aromatic N) is 1. The molecule has 0 radical (unpaired) electrons. The molecule has 3 nitrogen and oxygen atoms in total. The zero-order chi connectivity index (χ0) is 14.8. The highest BCUT2D eigenvalue weighted by Gasteiger charge is 2.16. The van der Waals surface area contributed by atoms with Crippen molar-refractivity contribution < 1.29 is 0 Å². The van der Waals surface area contributed by atoms with Crippen LogP contribution in [0.1, 0.15) is 23.1 Å². The molecule has 0 aliphatic carbocycles. The van der Waals surface area contributed by atoms with E-state index in [4.69, 9.17) is 0 Å². The third-order valence-electron chi connectivity index (χ3n) is 4.74. The van der Waals surface area contributed by atoms with Gasteiger partial charge in [-0.2, -0.15) is 0 Å². The predicted molar refractivity (Wildman–Crippen MR) is 92.5 cm³/mol. The van der Waals surface area contributed by atoms with Gasteiger partial charge in [0.15, 0.2) is 0 Å². The quantitative estimate of drug-likeness (QED) is 0.846. The molecule has 3 heteroatoms. The van der Waals surface area contributed by atoms with Crippen molar-refractivity contribution in [2.75, 3.05) is 29.9 Å². The molecular weight excluding hydrogens is 270 g/mol. The first-order valence-corrected chi connectivity index (χ1v) is 8.29. The number of hydrogen-bond donors (Lipinski definition) is 2. The SMILES string of the molecule is c1ccc2c(c1)CCCN(c1ccc3c(c1)CNCCN3)C2. The fourth-order valence-corrected chi connectivity index (χ4v) is 3.53. The summed E-state index contributed by atoms with van der Waals surface area (Å²) >= 11 is 0. The average Bonchev–Trinajstić information content (AvgIpc) is 2.92. The Hall–Kier alpha value is -2.00. The number of nitrogens with one attached hydrogen (secondary N) is 2. The minimum atomic E-state index is 0.959. The van der Waals surface area contributed by atoms with Crippen LogP contribution in [0.5, 0.6) is 0 Å². The van der Waals surface area contributed by atoms with Crippen LogP contribution in [0.25, 0.3) is 0 Å². The molecule has 2 N–H and O–H groups in total. The van der Waals surface area contributed by atoms with Crippen molar-refractivity contribution >= 4 is 11.4 Å². The minimum Gasteiger partial charge on any atom is -0.384 e. The first kappa shape index (κ1) is 13.6. The lowest BCUT2D eigenvalue weighted by atomic mass is 10.0. The standard InChI is InChI=1S/C19H23N3/c1-2-5-16-14-22(11-3-6-15(16)4-1)18-7-8-19-17(12-18)13-20-9-10-21-19/h1-2,4-5,7-8,12,20-21H,3,6,9-11,13-14H2. The summed E-state index contributed by atoms with van der Waals surface area (Å²) < 4.78 is 0. The number of rotatable bonds is 1. The van der Waals surface area contributed by atoms with E-state index in [1.165, 1.54) is 40.9 Å². The topological polar surface area (TPSA) is 27.3 Å². The van der Waals surface area contributed by atoms with Gasteiger partial charge in [-0.25, -0.2) is 0 Å². The van der Waals surface area contributed by atoms with E-state index in [0.29, 0.717) is 0 Å². The maximum Gasteiger partial charge on any atom is 0.0432 e. The molecule has 0 saturated carbocycles. The van der Waals surface area contributed by atoms with Crippen LogP contribution in [0.4, 0.5) is 11.4 Å². The van der Waals surface area contributed by atoms with Crippen molar-refractivity contribution in [3.05, 3.63) is 59.2 Å². The fraction of sp³-hybridized carbons (Fsp3) is 0.368. The average molecular weight is 293 g/mol. The number of fused-ring (bicyclic) bond motifs is 2. The third kappa shape index (κ3) is 2.69. The Morgan fingerprint density at radius 1 is 0.909 bits per heavy atom. The normalized spacial score (nSPS) is 17.7. The smallest absolute Gasteiger partial charge is 0.0432 e. The highest BCUT2D eigenvalue weighted by Crippen LogP contribution is 2.28. The summed E-state index contributed by atoms with van der Waals surface area (Å²) in [6.45, 7) is 5.15. The van der Waals surface area contributed by atoms with Gasteiger partial charge in [0.2, 0.25) is 0 Å². The fourth-order valence-electron chi connectivity index (χ4n) is 3.53. The Bertz CT molecular complexity index is 665. The van der Waals surface area contributed by atoms with Crippen LogP contribution in [-0.4, -0.2) is 19.6 Å². The van der Waals surface area contributed by atoms with Crippen LogP contribution in [0, 0.1) is 0 Å². The second-order valence-electron chi connectivity index (χ2n) is 6.24. The highest BCUT2D eigenvalue weighted by molar-refractivity contribution is 5.61. The van der Waals surface area contributed by atoms with Crippen molar-refractivity contribution in [3.63, 3.8) is 0 Å². The summed E-state index contributed by atoms with van der Waals surface area (Å²) in [5, 5.41) is 6.98. The number of hydrogen-bond acceptors (Lipinski definition) is 3. The Morgan fingerprint density at radius 2 is 1.82 bits per heavy atom. The molecule has 2 aliphatic heterocycles. The summed E-state index contributed by atoms with van der Waals surface area (Å²) in [4.78, 5) is 2.52. The first-order chi connectivity index (χ1) is 10.9. The van der Waals surface area contributed by atoms with E-state index in [0.717, 1.165) is 32.7 Å². The molecular formula is C19H23N3. The molecule has 2 aliphatic rings. The van der Waals surface area contributed by atoms with Crippen molar-refractivity contribution in [1.29, 1.82) is 0 Å². The Morgan fingerprint density at radius 3 is 2.77 bits per heavy atom. The van der Waals surface area contributed by atoms with Crippen LogP contribution in [0.3, 0.4) is 0 Å². The molecule has 0 atom stereocenters. The van der Waals surface area contributed by atoms with Crippen molar-refractivity contribution in [1.82, 2.24) is 5.32 Å². The third-order valence-corrected chi connectivity index (χ3v) is 4.74. The van der Waals surface area contributed by atoms with E-state index in [1.54, 1.807) is 0 Å². The lowest BCUT2D eigenvalue weighted by Crippen LogP contribution is -2.22. The number of aryl methyl sites for hydroxylation is 1. The van der Waals surface area contributed by atoms with Gasteiger partial charge in [0.25, 0.3) is 0 Å². The largest absolute Gasteiger partial charge is 0.384 e. The molecule has 0 saturated heterocycles. The molecule has 0 bridgehead atoms. The zero-order valence-corrected chi connectivity index (χ0v) is 12.9. The number of anilines is 2. The molecule has 2 heterocycles. The second-order valence-corrected chi connectivity index (χ2v) is 6.24. The van der Waals surface area contributed by atoms with E-state index in [9.17, 15) is 0 Å². The lowest BCUT2D eigenvalue weighted by Gasteiger charge is -2.24. The first-order valence-electron chi connectivity index (χ1n) is 8.29. The van der Waals surface area contributed by atoms with E-state index < -0.39 is 0 Å². The number of benzene rings is 2. The van der Waals surface area contributed by atoms with E-state index in [-0.39, 0.29) is 0 Å². The maximum absolute atomic E-state index is 3.50. The monoisotopic (exact) mass is 293 g/mol. The van der Waals surface area contributed by atoms with E-state index in [1.807, 2.05) is 0 Å². The van der Waals surface area contributed by atoms with Gasteiger partial charge in [0.05, 0.1) is 0 Å². The van der Waals surface area contributed by atoms with Crippen LogP contribution in [0.15, 0.2) is 42.5 Å².